The largest absolute Gasteiger partial charge is 0.471 e. The number of pyridine rings is 1. The van der Waals surface area contributed by atoms with Gasteiger partial charge < -0.3 is 15.4 Å². The predicted molar refractivity (Wildman–Crippen MR) is 104 cm³/mol. The maximum atomic E-state index is 5.91. The second kappa shape index (κ2) is 5.62. The fourth-order valence-corrected chi connectivity index (χ4v) is 3.35. The van der Waals surface area contributed by atoms with Crippen molar-refractivity contribution in [2.45, 2.75) is 26.7 Å². The molecule has 1 unspecified atom stereocenters. The topological polar surface area (TPSA) is 83.0 Å². The number of aromatic nitrogens is 1. The van der Waals surface area contributed by atoms with Gasteiger partial charge in [0.15, 0.2) is 6.73 Å². The summed E-state index contributed by atoms with van der Waals surface area (Å²) in [6, 6.07) is 9.91. The van der Waals surface area contributed by atoms with Crippen LogP contribution in [0.5, 0.6) is 5.75 Å². The molecule has 0 radical (unpaired) electrons. The summed E-state index contributed by atoms with van der Waals surface area (Å²) in [6.45, 7) is 6.48. The van der Waals surface area contributed by atoms with E-state index in [-0.39, 0.29) is 0 Å². The molecule has 138 valence electrons. The molecular formula is C19H20N6O2. The van der Waals surface area contributed by atoms with Gasteiger partial charge in [0, 0.05) is 17.5 Å². The molecule has 5 rings (SSSR count). The molecule has 3 aliphatic rings. The lowest BCUT2D eigenvalue weighted by Gasteiger charge is -2.35. The third-order valence-corrected chi connectivity index (χ3v) is 4.98. The van der Waals surface area contributed by atoms with Gasteiger partial charge in [-0.25, -0.2) is 20.3 Å². The van der Waals surface area contributed by atoms with Crippen molar-refractivity contribution < 1.29 is 9.57 Å². The highest BCUT2D eigenvalue weighted by Gasteiger charge is 2.50. The van der Waals surface area contributed by atoms with Crippen LogP contribution in [0.25, 0.3) is 0 Å². The first-order valence-corrected chi connectivity index (χ1v) is 8.79. The van der Waals surface area contributed by atoms with Crippen LogP contribution < -0.4 is 25.8 Å². The lowest BCUT2D eigenvalue weighted by molar-refractivity contribution is -0.0216. The number of nitrogens with one attached hydrogen (secondary N) is 3. The van der Waals surface area contributed by atoms with Crippen LogP contribution in [0.1, 0.15) is 18.2 Å². The standard InChI is InChI=1S/C19H20N6O2/c1-11-4-7-17(22-13(11)3)23-19-21-9-12(2)18(24-27-19)25(19)14-5-6-16-15(8-14)20-10-26-16/h4-9,20,24H,10H2,1-3H3,(H,22,23). The van der Waals surface area contributed by atoms with Crippen molar-refractivity contribution >= 4 is 23.4 Å². The summed E-state index contributed by atoms with van der Waals surface area (Å²) in [6.07, 6.45) is 1.80. The fourth-order valence-electron chi connectivity index (χ4n) is 3.35. The molecule has 0 spiro atoms. The van der Waals surface area contributed by atoms with Crippen LogP contribution in [0.3, 0.4) is 0 Å². The number of hydrogen-bond donors (Lipinski definition) is 3. The van der Waals surface area contributed by atoms with Crippen molar-refractivity contribution in [3.05, 3.63) is 53.0 Å². The van der Waals surface area contributed by atoms with E-state index >= 15 is 0 Å². The van der Waals surface area contributed by atoms with E-state index in [1.54, 1.807) is 6.21 Å². The minimum absolute atomic E-state index is 0.476. The Morgan fingerprint density at radius 3 is 2.93 bits per heavy atom. The molecule has 1 aromatic carbocycles. The summed E-state index contributed by atoms with van der Waals surface area (Å²) >= 11 is 0. The van der Waals surface area contributed by atoms with E-state index in [2.05, 4.69) is 26.1 Å². The first kappa shape index (κ1) is 16.0. The SMILES string of the molecule is CC1=C2NOC(Nc3ccc(C)c(C)n3)(N=C1)N2c1ccc2c(c1)NCO2. The number of nitrogens with zero attached hydrogens (tertiary/aromatic N) is 3. The summed E-state index contributed by atoms with van der Waals surface area (Å²) in [5.41, 5.74) is 7.94. The summed E-state index contributed by atoms with van der Waals surface area (Å²) in [4.78, 5) is 17.2. The second-order valence-corrected chi connectivity index (χ2v) is 6.81. The Hall–Kier alpha value is -3.26. The van der Waals surface area contributed by atoms with Gasteiger partial charge >= 0.3 is 5.97 Å². The van der Waals surface area contributed by atoms with Crippen molar-refractivity contribution in [3.63, 3.8) is 0 Å². The van der Waals surface area contributed by atoms with Crippen LogP contribution in [-0.4, -0.2) is 23.9 Å². The molecule has 3 N–H and O–H groups in total. The Morgan fingerprint density at radius 2 is 2.07 bits per heavy atom. The maximum absolute atomic E-state index is 5.91. The first-order chi connectivity index (χ1) is 13.1. The molecule has 0 aliphatic carbocycles. The number of fused-ring (bicyclic) bond motifs is 3. The summed E-state index contributed by atoms with van der Waals surface area (Å²) in [5, 5.41) is 6.56. The number of anilines is 3. The summed E-state index contributed by atoms with van der Waals surface area (Å²) < 4.78 is 5.53. The number of ether oxygens (including phenoxy) is 1. The third-order valence-electron chi connectivity index (χ3n) is 4.98. The van der Waals surface area contributed by atoms with Crippen molar-refractivity contribution in [2.75, 3.05) is 22.3 Å². The Kier molecular flexibility index (Phi) is 3.32. The Morgan fingerprint density at radius 1 is 1.19 bits per heavy atom. The minimum atomic E-state index is -1.16. The monoisotopic (exact) mass is 364 g/mol. The predicted octanol–water partition coefficient (Wildman–Crippen LogP) is 2.84. The molecule has 1 aromatic heterocycles. The number of aliphatic imine (C=N–C) groups is 1. The van der Waals surface area contributed by atoms with Crippen LogP contribution in [0, 0.1) is 13.8 Å². The normalized spacial score (nSPS) is 22.3. The van der Waals surface area contributed by atoms with E-state index in [4.69, 9.17) is 9.57 Å². The number of aryl methyl sites for hydroxylation is 2. The van der Waals surface area contributed by atoms with Crippen LogP contribution in [0.15, 0.2) is 46.7 Å². The average molecular weight is 364 g/mol. The Bertz CT molecular complexity index is 1000. The van der Waals surface area contributed by atoms with Crippen LogP contribution >= 0.6 is 0 Å². The van der Waals surface area contributed by atoms with Gasteiger partial charge in [-0.3, -0.25) is 4.90 Å². The van der Waals surface area contributed by atoms with Gasteiger partial charge in [-0.15, -0.1) is 0 Å². The van der Waals surface area contributed by atoms with E-state index in [1.165, 1.54) is 0 Å². The molecule has 4 heterocycles. The van der Waals surface area contributed by atoms with Gasteiger partial charge in [-0.05, 0) is 50.6 Å². The highest BCUT2D eigenvalue weighted by Crippen LogP contribution is 2.41. The molecule has 27 heavy (non-hydrogen) atoms. The van der Waals surface area contributed by atoms with Crippen molar-refractivity contribution in [2.24, 2.45) is 4.99 Å². The number of hydroxylamine groups is 1. The quantitative estimate of drug-likeness (QED) is 0.772. The molecule has 1 fully saturated rings. The highest BCUT2D eigenvalue weighted by molar-refractivity contribution is 5.84. The van der Waals surface area contributed by atoms with E-state index in [0.29, 0.717) is 12.5 Å². The first-order valence-electron chi connectivity index (χ1n) is 8.79. The summed E-state index contributed by atoms with van der Waals surface area (Å²) in [5.74, 6) is 1.20. The molecule has 3 aliphatic heterocycles. The van der Waals surface area contributed by atoms with Crippen molar-refractivity contribution in [3.8, 4) is 5.75 Å². The fraction of sp³-hybridized carbons (Fsp3) is 0.263. The molecule has 2 aromatic rings. The van der Waals surface area contributed by atoms with Crippen molar-refractivity contribution in [1.82, 2.24) is 10.5 Å². The molecule has 8 heteroatoms. The number of benzene rings is 1. The lowest BCUT2D eigenvalue weighted by atomic mass is 10.2. The smallest absolute Gasteiger partial charge is 0.353 e. The molecule has 0 saturated carbocycles. The van der Waals surface area contributed by atoms with E-state index in [9.17, 15) is 0 Å². The second-order valence-electron chi connectivity index (χ2n) is 6.81. The zero-order chi connectivity index (χ0) is 18.6. The van der Waals surface area contributed by atoms with Crippen LogP contribution in [0.2, 0.25) is 0 Å². The number of rotatable bonds is 3. The third kappa shape index (κ3) is 2.41. The van der Waals surface area contributed by atoms with Crippen molar-refractivity contribution in [1.29, 1.82) is 0 Å². The van der Waals surface area contributed by atoms with Gasteiger partial charge in [0.25, 0.3) is 0 Å². The minimum Gasteiger partial charge on any atom is -0.471 e. The van der Waals surface area contributed by atoms with Gasteiger partial charge in [0.2, 0.25) is 0 Å². The highest BCUT2D eigenvalue weighted by atomic mass is 16.7. The van der Waals surface area contributed by atoms with Gasteiger partial charge in [0.1, 0.15) is 17.4 Å². The van der Waals surface area contributed by atoms with E-state index in [0.717, 1.165) is 39.8 Å². The van der Waals surface area contributed by atoms with Gasteiger partial charge in [-0.2, -0.15) is 0 Å². The zero-order valence-electron chi connectivity index (χ0n) is 15.3. The van der Waals surface area contributed by atoms with E-state index < -0.39 is 5.97 Å². The van der Waals surface area contributed by atoms with E-state index in [1.807, 2.05) is 56.0 Å². The number of hydrogen-bond acceptors (Lipinski definition) is 8. The molecule has 2 bridgehead atoms. The molecule has 1 saturated heterocycles. The molecule has 0 amide bonds. The summed E-state index contributed by atoms with van der Waals surface area (Å²) in [7, 11) is 0. The average Bonchev–Trinajstić information content (AvgIpc) is 3.23. The van der Waals surface area contributed by atoms with Gasteiger partial charge in [0.05, 0.1) is 11.4 Å². The zero-order valence-corrected chi connectivity index (χ0v) is 15.3. The number of allylic oxidation sites excluding steroid dienone is 1. The Balaban J connectivity index is 1.57. The van der Waals surface area contributed by atoms with Crippen LogP contribution in [-0.2, 0) is 4.84 Å². The molecule has 1 atom stereocenters. The van der Waals surface area contributed by atoms with Crippen LogP contribution in [0.4, 0.5) is 17.2 Å². The molecular weight excluding hydrogens is 344 g/mol. The lowest BCUT2D eigenvalue weighted by Crippen LogP contribution is -2.51. The van der Waals surface area contributed by atoms with Gasteiger partial charge in [-0.1, -0.05) is 6.07 Å². The molecule has 8 nitrogen and oxygen atoms in total. The Labute approximate surface area is 156 Å². The maximum Gasteiger partial charge on any atom is 0.353 e.